The van der Waals surface area contributed by atoms with Crippen molar-refractivity contribution in [2.24, 2.45) is 5.92 Å². The van der Waals surface area contributed by atoms with Gasteiger partial charge in [-0.2, -0.15) is 0 Å². The molecule has 1 heterocycles. The summed E-state index contributed by atoms with van der Waals surface area (Å²) in [5.74, 6) is 1.83. The molecule has 1 saturated carbocycles. The van der Waals surface area contributed by atoms with Crippen LogP contribution in [0.3, 0.4) is 0 Å². The van der Waals surface area contributed by atoms with Crippen molar-refractivity contribution in [2.45, 2.75) is 52.7 Å². The molecule has 1 aromatic heterocycles. The van der Waals surface area contributed by atoms with Crippen LogP contribution in [-0.4, -0.2) is 24.0 Å². The zero-order valence-electron chi connectivity index (χ0n) is 11.9. The molecule has 1 N–H and O–H groups in total. The molecule has 1 aliphatic rings. The summed E-state index contributed by atoms with van der Waals surface area (Å²) in [7, 11) is 0. The molecule has 0 aliphatic heterocycles. The minimum atomic E-state index is 0.724. The van der Waals surface area contributed by atoms with Gasteiger partial charge in [-0.05, 0) is 31.4 Å². The number of nitrogens with zero attached hydrogens (tertiary/aromatic N) is 1. The Morgan fingerprint density at radius 2 is 2.22 bits per heavy atom. The van der Waals surface area contributed by atoms with Crippen molar-refractivity contribution in [2.75, 3.05) is 13.1 Å². The van der Waals surface area contributed by atoms with Gasteiger partial charge in [0.15, 0.2) is 0 Å². The molecule has 0 radical (unpaired) electrons. The number of rotatable bonds is 8. The van der Waals surface area contributed by atoms with E-state index in [0.29, 0.717) is 0 Å². The molecule has 2 rings (SSSR count). The van der Waals surface area contributed by atoms with Crippen LogP contribution in [0, 0.1) is 5.92 Å². The van der Waals surface area contributed by atoms with E-state index < -0.39 is 0 Å². The maximum absolute atomic E-state index is 5.67. The van der Waals surface area contributed by atoms with Gasteiger partial charge in [0.1, 0.15) is 5.76 Å². The van der Waals surface area contributed by atoms with Gasteiger partial charge in [-0.1, -0.05) is 20.8 Å². The van der Waals surface area contributed by atoms with Gasteiger partial charge in [-0.3, -0.25) is 4.90 Å². The summed E-state index contributed by atoms with van der Waals surface area (Å²) in [5.41, 5.74) is 1.26. The third-order valence-corrected chi connectivity index (χ3v) is 3.31. The molecule has 0 spiro atoms. The molecule has 3 heteroatoms. The van der Waals surface area contributed by atoms with E-state index in [4.69, 9.17) is 4.42 Å². The molecule has 1 aromatic rings. The number of nitrogens with one attached hydrogen (secondary N) is 1. The average molecular weight is 250 g/mol. The number of furan rings is 1. The molecule has 0 aromatic carbocycles. The number of hydrogen-bond donors (Lipinski definition) is 1. The third-order valence-electron chi connectivity index (χ3n) is 3.31. The lowest BCUT2D eigenvalue weighted by molar-refractivity contribution is 0.209. The van der Waals surface area contributed by atoms with Crippen molar-refractivity contribution < 1.29 is 4.42 Å². The molecule has 0 saturated heterocycles. The van der Waals surface area contributed by atoms with Crippen molar-refractivity contribution in [3.05, 3.63) is 23.7 Å². The van der Waals surface area contributed by atoms with E-state index in [-0.39, 0.29) is 0 Å². The smallest absolute Gasteiger partial charge is 0.118 e. The van der Waals surface area contributed by atoms with Gasteiger partial charge in [0.2, 0.25) is 0 Å². The van der Waals surface area contributed by atoms with E-state index in [1.807, 2.05) is 6.26 Å². The first-order valence-electron chi connectivity index (χ1n) is 7.20. The lowest BCUT2D eigenvalue weighted by atomic mass is 10.2. The molecular weight excluding hydrogens is 224 g/mol. The highest BCUT2D eigenvalue weighted by Gasteiger charge is 2.29. The highest BCUT2D eigenvalue weighted by atomic mass is 16.3. The van der Waals surface area contributed by atoms with Crippen LogP contribution >= 0.6 is 0 Å². The van der Waals surface area contributed by atoms with Crippen LogP contribution in [0.4, 0.5) is 0 Å². The van der Waals surface area contributed by atoms with Crippen LogP contribution in [0.5, 0.6) is 0 Å². The second kappa shape index (κ2) is 6.39. The van der Waals surface area contributed by atoms with Gasteiger partial charge in [-0.25, -0.2) is 0 Å². The molecule has 1 fully saturated rings. The lowest BCUT2D eigenvalue weighted by Gasteiger charge is -2.22. The zero-order valence-corrected chi connectivity index (χ0v) is 11.9. The van der Waals surface area contributed by atoms with Gasteiger partial charge in [0.25, 0.3) is 0 Å². The topological polar surface area (TPSA) is 28.4 Å². The Labute approximate surface area is 111 Å². The standard InChI is InChI=1S/C15H26N2O/c1-4-16-8-13-7-15(18-11-13)10-17(9-12(2)3)14-5-6-14/h7,11-12,14,16H,4-6,8-10H2,1-3H3. The van der Waals surface area contributed by atoms with Gasteiger partial charge >= 0.3 is 0 Å². The van der Waals surface area contributed by atoms with Crippen molar-refractivity contribution >= 4 is 0 Å². The Balaban J connectivity index is 1.87. The summed E-state index contributed by atoms with van der Waals surface area (Å²) in [6.45, 7) is 10.7. The first kappa shape index (κ1) is 13.6. The summed E-state index contributed by atoms with van der Waals surface area (Å²) in [5, 5.41) is 3.32. The second-order valence-corrected chi connectivity index (χ2v) is 5.76. The van der Waals surface area contributed by atoms with Crippen LogP contribution < -0.4 is 5.32 Å². The summed E-state index contributed by atoms with van der Waals surface area (Å²) < 4.78 is 5.67. The SMILES string of the molecule is CCNCc1coc(CN(CC(C)C)C2CC2)c1. The maximum Gasteiger partial charge on any atom is 0.118 e. The third kappa shape index (κ3) is 4.14. The fraction of sp³-hybridized carbons (Fsp3) is 0.733. The summed E-state index contributed by atoms with van der Waals surface area (Å²) in [6, 6.07) is 2.99. The zero-order chi connectivity index (χ0) is 13.0. The van der Waals surface area contributed by atoms with E-state index in [1.165, 1.54) is 24.9 Å². The summed E-state index contributed by atoms with van der Waals surface area (Å²) in [4.78, 5) is 2.57. The van der Waals surface area contributed by atoms with E-state index in [0.717, 1.165) is 37.4 Å². The normalized spacial score (nSPS) is 15.8. The molecular formula is C15H26N2O. The predicted molar refractivity (Wildman–Crippen MR) is 74.4 cm³/mol. The van der Waals surface area contributed by atoms with E-state index >= 15 is 0 Å². The van der Waals surface area contributed by atoms with Crippen molar-refractivity contribution in [1.82, 2.24) is 10.2 Å². The molecule has 0 unspecified atom stereocenters. The minimum Gasteiger partial charge on any atom is -0.468 e. The molecule has 0 amide bonds. The average Bonchev–Trinajstić information content (AvgIpc) is 3.07. The molecule has 1 aliphatic carbocycles. The Morgan fingerprint density at radius 1 is 1.44 bits per heavy atom. The Morgan fingerprint density at radius 3 is 2.83 bits per heavy atom. The Kier molecular flexibility index (Phi) is 4.84. The van der Waals surface area contributed by atoms with Crippen LogP contribution in [0.25, 0.3) is 0 Å². The monoisotopic (exact) mass is 250 g/mol. The van der Waals surface area contributed by atoms with Gasteiger partial charge in [0, 0.05) is 24.7 Å². The second-order valence-electron chi connectivity index (χ2n) is 5.76. The quantitative estimate of drug-likeness (QED) is 0.769. The van der Waals surface area contributed by atoms with Crippen LogP contribution in [0.1, 0.15) is 44.9 Å². The van der Waals surface area contributed by atoms with Crippen molar-refractivity contribution in [1.29, 1.82) is 0 Å². The van der Waals surface area contributed by atoms with Gasteiger partial charge in [-0.15, -0.1) is 0 Å². The van der Waals surface area contributed by atoms with Gasteiger partial charge in [0.05, 0.1) is 12.8 Å². The van der Waals surface area contributed by atoms with Crippen LogP contribution in [-0.2, 0) is 13.1 Å². The molecule has 0 bridgehead atoms. The summed E-state index contributed by atoms with van der Waals surface area (Å²) in [6.07, 6.45) is 4.60. The van der Waals surface area contributed by atoms with E-state index in [2.05, 4.69) is 37.1 Å². The number of hydrogen-bond acceptors (Lipinski definition) is 3. The predicted octanol–water partition coefficient (Wildman–Crippen LogP) is 3.01. The Hall–Kier alpha value is -0.800. The van der Waals surface area contributed by atoms with E-state index in [9.17, 15) is 0 Å². The summed E-state index contributed by atoms with van der Waals surface area (Å²) >= 11 is 0. The Bertz CT molecular complexity index is 355. The van der Waals surface area contributed by atoms with Crippen molar-refractivity contribution in [3.8, 4) is 0 Å². The van der Waals surface area contributed by atoms with Gasteiger partial charge < -0.3 is 9.73 Å². The molecule has 3 nitrogen and oxygen atoms in total. The molecule has 0 atom stereocenters. The maximum atomic E-state index is 5.67. The van der Waals surface area contributed by atoms with Crippen LogP contribution in [0.2, 0.25) is 0 Å². The highest BCUT2D eigenvalue weighted by molar-refractivity contribution is 5.13. The fourth-order valence-corrected chi connectivity index (χ4v) is 2.32. The van der Waals surface area contributed by atoms with Crippen molar-refractivity contribution in [3.63, 3.8) is 0 Å². The minimum absolute atomic E-state index is 0.724. The molecule has 18 heavy (non-hydrogen) atoms. The fourth-order valence-electron chi connectivity index (χ4n) is 2.32. The first-order chi connectivity index (χ1) is 8.69. The largest absolute Gasteiger partial charge is 0.468 e. The van der Waals surface area contributed by atoms with E-state index in [1.54, 1.807) is 0 Å². The highest BCUT2D eigenvalue weighted by Crippen LogP contribution is 2.29. The lowest BCUT2D eigenvalue weighted by Crippen LogP contribution is -2.29. The molecule has 102 valence electrons. The first-order valence-corrected chi connectivity index (χ1v) is 7.20. The van der Waals surface area contributed by atoms with Crippen LogP contribution in [0.15, 0.2) is 16.7 Å².